The number of aliphatic hydroxyl groups is 1. The molecule has 2 rings (SSSR count). The molecule has 21 heavy (non-hydrogen) atoms. The largest absolute Gasteiger partial charge is 0.510 e. The summed E-state index contributed by atoms with van der Waals surface area (Å²) in [5, 5.41) is 11.8. The lowest BCUT2D eigenvalue weighted by Gasteiger charge is -2.09. The standard InChI is InChI=1S/C14H15NO6/c1-8(16)21-12-7-20-6-9(12)2-5-13(19)15-14-10(17)3-4-11(14)18/h2,5-6,12,17H,3-4,7H2,1H3,(H,15,19)/b5-2-. The summed E-state index contributed by atoms with van der Waals surface area (Å²) < 4.78 is 10.0. The molecule has 1 aliphatic heterocycles. The van der Waals surface area contributed by atoms with Gasteiger partial charge in [0, 0.05) is 31.4 Å². The van der Waals surface area contributed by atoms with Crippen molar-refractivity contribution in [2.45, 2.75) is 25.9 Å². The number of esters is 1. The molecule has 0 radical (unpaired) electrons. The van der Waals surface area contributed by atoms with E-state index < -0.39 is 18.0 Å². The fourth-order valence-electron chi connectivity index (χ4n) is 1.97. The number of carbonyl (C=O) groups is 3. The first-order valence-corrected chi connectivity index (χ1v) is 6.40. The number of rotatable bonds is 4. The molecule has 0 bridgehead atoms. The molecule has 0 aromatic rings. The zero-order valence-corrected chi connectivity index (χ0v) is 11.4. The summed E-state index contributed by atoms with van der Waals surface area (Å²) in [7, 11) is 0. The Labute approximate surface area is 120 Å². The molecule has 1 atom stereocenters. The van der Waals surface area contributed by atoms with Crippen LogP contribution in [-0.2, 0) is 23.9 Å². The molecule has 1 amide bonds. The van der Waals surface area contributed by atoms with E-state index in [1.807, 2.05) is 0 Å². The van der Waals surface area contributed by atoms with Crippen molar-refractivity contribution in [3.05, 3.63) is 35.4 Å². The Morgan fingerprint density at radius 1 is 1.48 bits per heavy atom. The van der Waals surface area contributed by atoms with Crippen LogP contribution < -0.4 is 5.32 Å². The third kappa shape index (κ3) is 3.71. The molecule has 7 nitrogen and oxygen atoms in total. The van der Waals surface area contributed by atoms with Crippen molar-refractivity contribution in [2.24, 2.45) is 0 Å². The van der Waals surface area contributed by atoms with Gasteiger partial charge in [-0.2, -0.15) is 0 Å². The van der Waals surface area contributed by atoms with E-state index in [1.54, 1.807) is 0 Å². The number of ketones is 1. The van der Waals surface area contributed by atoms with Crippen LogP contribution in [0.15, 0.2) is 35.4 Å². The van der Waals surface area contributed by atoms with Gasteiger partial charge in [-0.3, -0.25) is 14.4 Å². The highest BCUT2D eigenvalue weighted by atomic mass is 16.6. The second-order valence-corrected chi connectivity index (χ2v) is 4.62. The maximum Gasteiger partial charge on any atom is 0.303 e. The van der Waals surface area contributed by atoms with E-state index in [1.165, 1.54) is 25.3 Å². The first-order chi connectivity index (χ1) is 9.97. The van der Waals surface area contributed by atoms with Crippen molar-refractivity contribution in [1.29, 1.82) is 0 Å². The van der Waals surface area contributed by atoms with Crippen LogP contribution in [0.4, 0.5) is 0 Å². The van der Waals surface area contributed by atoms with Crippen LogP contribution in [0.5, 0.6) is 0 Å². The van der Waals surface area contributed by atoms with Gasteiger partial charge >= 0.3 is 5.97 Å². The van der Waals surface area contributed by atoms with Gasteiger partial charge in [0.05, 0.1) is 6.26 Å². The van der Waals surface area contributed by atoms with E-state index in [9.17, 15) is 19.5 Å². The van der Waals surface area contributed by atoms with Crippen LogP contribution in [0.1, 0.15) is 19.8 Å². The highest BCUT2D eigenvalue weighted by Crippen LogP contribution is 2.19. The molecule has 0 saturated heterocycles. The minimum atomic E-state index is -0.554. The summed E-state index contributed by atoms with van der Waals surface area (Å²) in [6, 6.07) is 0. The zero-order chi connectivity index (χ0) is 15.4. The van der Waals surface area contributed by atoms with Gasteiger partial charge in [0.1, 0.15) is 18.1 Å². The van der Waals surface area contributed by atoms with E-state index in [2.05, 4.69) is 5.32 Å². The lowest BCUT2D eigenvalue weighted by molar-refractivity contribution is -0.145. The van der Waals surface area contributed by atoms with Crippen LogP contribution >= 0.6 is 0 Å². The fourth-order valence-corrected chi connectivity index (χ4v) is 1.97. The van der Waals surface area contributed by atoms with Gasteiger partial charge in [-0.1, -0.05) is 0 Å². The Kier molecular flexibility index (Phi) is 4.42. The van der Waals surface area contributed by atoms with Crippen molar-refractivity contribution in [3.8, 4) is 0 Å². The molecule has 112 valence electrons. The Hall–Kier alpha value is -2.57. The number of hydrogen-bond donors (Lipinski definition) is 2. The minimum Gasteiger partial charge on any atom is -0.510 e. The number of carbonyl (C=O) groups excluding carboxylic acids is 3. The third-order valence-electron chi connectivity index (χ3n) is 2.98. The summed E-state index contributed by atoms with van der Waals surface area (Å²) in [5.74, 6) is -1.40. The highest BCUT2D eigenvalue weighted by Gasteiger charge is 2.24. The summed E-state index contributed by atoms with van der Waals surface area (Å²) >= 11 is 0. The Bertz CT molecular complexity index is 572. The molecule has 0 fully saturated rings. The smallest absolute Gasteiger partial charge is 0.303 e. The van der Waals surface area contributed by atoms with Gasteiger partial charge in [0.2, 0.25) is 5.91 Å². The fraction of sp³-hybridized carbons (Fsp3) is 0.357. The summed E-state index contributed by atoms with van der Waals surface area (Å²) in [6.45, 7) is 1.48. The first kappa shape index (κ1) is 14.8. The van der Waals surface area contributed by atoms with Gasteiger partial charge in [-0.05, 0) is 6.08 Å². The van der Waals surface area contributed by atoms with Crippen molar-refractivity contribution in [2.75, 3.05) is 6.61 Å². The second-order valence-electron chi connectivity index (χ2n) is 4.62. The SMILES string of the molecule is CC(=O)OC1COC=C1/C=C\C(=O)NC1=C(O)CCC1=O. The molecule has 1 aliphatic carbocycles. The Morgan fingerprint density at radius 3 is 2.86 bits per heavy atom. The Morgan fingerprint density at radius 2 is 2.24 bits per heavy atom. The number of amides is 1. The van der Waals surface area contributed by atoms with Gasteiger partial charge in [0.15, 0.2) is 11.9 Å². The maximum atomic E-state index is 11.7. The molecular formula is C14H15NO6. The molecule has 0 saturated carbocycles. The monoisotopic (exact) mass is 293 g/mol. The van der Waals surface area contributed by atoms with E-state index in [0.29, 0.717) is 5.57 Å². The molecule has 7 heteroatoms. The highest BCUT2D eigenvalue weighted by molar-refractivity contribution is 6.03. The predicted octanol–water partition coefficient (Wildman–Crippen LogP) is 0.637. The molecule has 2 N–H and O–H groups in total. The first-order valence-electron chi connectivity index (χ1n) is 6.40. The Balaban J connectivity index is 1.95. The van der Waals surface area contributed by atoms with Crippen molar-refractivity contribution in [3.63, 3.8) is 0 Å². The van der Waals surface area contributed by atoms with Crippen molar-refractivity contribution in [1.82, 2.24) is 5.32 Å². The molecule has 1 unspecified atom stereocenters. The number of allylic oxidation sites excluding steroid dienone is 2. The molecule has 2 aliphatic rings. The van der Waals surface area contributed by atoms with Crippen molar-refractivity contribution >= 4 is 17.7 Å². The lowest BCUT2D eigenvalue weighted by Crippen LogP contribution is -2.25. The normalized spacial score (nSPS) is 21.5. The van der Waals surface area contributed by atoms with Crippen molar-refractivity contribution < 1.29 is 29.0 Å². The zero-order valence-electron chi connectivity index (χ0n) is 11.4. The molecular weight excluding hydrogens is 278 g/mol. The van der Waals surface area contributed by atoms with Crippen LogP contribution in [0.25, 0.3) is 0 Å². The van der Waals surface area contributed by atoms with E-state index in [0.717, 1.165) is 0 Å². The second kappa shape index (κ2) is 6.25. The molecule has 0 aromatic heterocycles. The van der Waals surface area contributed by atoms with Crippen LogP contribution in [0.3, 0.4) is 0 Å². The van der Waals surface area contributed by atoms with Crippen LogP contribution in [0, 0.1) is 0 Å². The topological polar surface area (TPSA) is 102 Å². The molecule has 1 heterocycles. The van der Waals surface area contributed by atoms with E-state index in [4.69, 9.17) is 9.47 Å². The summed E-state index contributed by atoms with van der Waals surface area (Å²) in [4.78, 5) is 34.0. The molecule has 0 aromatic carbocycles. The van der Waals surface area contributed by atoms with E-state index in [-0.39, 0.29) is 36.7 Å². The number of aliphatic hydroxyl groups excluding tert-OH is 1. The summed E-state index contributed by atoms with van der Waals surface area (Å²) in [5.41, 5.74) is 0.481. The van der Waals surface area contributed by atoms with E-state index >= 15 is 0 Å². The lowest BCUT2D eigenvalue weighted by atomic mass is 10.2. The number of hydrogen-bond acceptors (Lipinski definition) is 6. The van der Waals surface area contributed by atoms with Gasteiger partial charge in [0.25, 0.3) is 0 Å². The van der Waals surface area contributed by atoms with Gasteiger partial charge in [-0.25, -0.2) is 0 Å². The number of Topliss-reactive ketones (excluding diaryl/α,β-unsaturated/α-hetero) is 1. The number of ether oxygens (including phenoxy) is 2. The third-order valence-corrected chi connectivity index (χ3v) is 2.98. The maximum absolute atomic E-state index is 11.7. The van der Waals surface area contributed by atoms with Crippen LogP contribution in [0.2, 0.25) is 0 Å². The number of nitrogens with one attached hydrogen (secondary N) is 1. The van der Waals surface area contributed by atoms with Crippen LogP contribution in [-0.4, -0.2) is 35.5 Å². The minimum absolute atomic E-state index is 0.0576. The van der Waals surface area contributed by atoms with Gasteiger partial charge in [-0.15, -0.1) is 0 Å². The predicted molar refractivity (Wildman–Crippen MR) is 70.8 cm³/mol. The quantitative estimate of drug-likeness (QED) is 0.582. The average molecular weight is 293 g/mol. The summed E-state index contributed by atoms with van der Waals surface area (Å²) in [6.07, 6.45) is 3.90. The van der Waals surface area contributed by atoms with Gasteiger partial charge < -0.3 is 19.9 Å². The average Bonchev–Trinajstić information content (AvgIpc) is 2.97. The molecule has 0 spiro atoms.